The van der Waals surface area contributed by atoms with Gasteiger partial charge < -0.3 is 18.9 Å². The predicted molar refractivity (Wildman–Crippen MR) is 123 cm³/mol. The summed E-state index contributed by atoms with van der Waals surface area (Å²) < 4.78 is 34.0. The monoisotopic (exact) mass is 454 g/mol. The molecule has 0 aromatic heterocycles. The summed E-state index contributed by atoms with van der Waals surface area (Å²) in [4.78, 5) is 14.2. The fraction of sp³-hybridized carbons (Fsp3) is 0.400. The zero-order chi connectivity index (χ0) is 22.9. The zero-order valence-corrected chi connectivity index (χ0v) is 19.4. The van der Waals surface area contributed by atoms with Crippen molar-refractivity contribution in [2.24, 2.45) is 0 Å². The number of hydrogen-bond acceptors (Lipinski definition) is 5. The lowest BCUT2D eigenvalue weighted by atomic mass is 9.83. The van der Waals surface area contributed by atoms with E-state index in [2.05, 4.69) is 6.08 Å². The summed E-state index contributed by atoms with van der Waals surface area (Å²) in [6, 6.07) is 15.6. The van der Waals surface area contributed by atoms with Crippen LogP contribution in [0.15, 0.2) is 54.6 Å². The van der Waals surface area contributed by atoms with Gasteiger partial charge in [-0.15, -0.1) is 0 Å². The lowest BCUT2D eigenvalue weighted by Crippen LogP contribution is -2.50. The first-order valence-electron chi connectivity index (χ1n) is 10.8. The Morgan fingerprint density at radius 2 is 1.78 bits per heavy atom. The van der Waals surface area contributed by atoms with Crippen molar-refractivity contribution in [3.8, 4) is 5.75 Å². The number of ether oxygens (including phenoxy) is 2. The molecule has 1 amide bonds. The zero-order valence-electron chi connectivity index (χ0n) is 18.6. The molecular formula is C25H28NO5S-. The molecule has 0 radical (unpaired) electrons. The molecule has 170 valence electrons. The number of nitrogens with zero attached hydrogens (tertiary/aromatic N) is 1. The molecule has 0 bridgehead atoms. The number of amides is 1. The van der Waals surface area contributed by atoms with Crippen LogP contribution in [0.25, 0.3) is 5.57 Å². The largest absolute Gasteiger partial charge is 0.772 e. The van der Waals surface area contributed by atoms with Gasteiger partial charge in [-0.25, -0.2) is 4.79 Å². The van der Waals surface area contributed by atoms with E-state index in [0.29, 0.717) is 25.9 Å². The van der Waals surface area contributed by atoms with Crippen LogP contribution < -0.4 is 4.74 Å². The molecule has 2 aromatic rings. The maximum absolute atomic E-state index is 12.5. The topological polar surface area (TPSA) is 78.9 Å². The molecule has 2 aliphatic rings. The molecule has 0 N–H and O–H groups in total. The van der Waals surface area contributed by atoms with Crippen LogP contribution in [0.3, 0.4) is 0 Å². The first kappa shape index (κ1) is 22.6. The highest BCUT2D eigenvalue weighted by atomic mass is 32.2. The maximum Gasteiger partial charge on any atom is 0.410 e. The molecule has 1 spiro atoms. The molecule has 6 nitrogen and oxygen atoms in total. The third-order valence-corrected chi connectivity index (χ3v) is 6.28. The second kappa shape index (κ2) is 8.71. The minimum atomic E-state index is -2.11. The van der Waals surface area contributed by atoms with Crippen LogP contribution in [-0.4, -0.2) is 44.0 Å². The van der Waals surface area contributed by atoms with Crippen molar-refractivity contribution in [2.75, 3.05) is 13.1 Å². The number of benzene rings is 2. The van der Waals surface area contributed by atoms with Crippen LogP contribution in [0.4, 0.5) is 4.79 Å². The summed E-state index contributed by atoms with van der Waals surface area (Å²) >= 11 is -2.11. The van der Waals surface area contributed by atoms with Crippen molar-refractivity contribution in [3.05, 3.63) is 71.3 Å². The molecule has 1 saturated heterocycles. The van der Waals surface area contributed by atoms with Gasteiger partial charge in [-0.05, 0) is 49.6 Å². The van der Waals surface area contributed by atoms with E-state index in [1.807, 2.05) is 69.3 Å². The maximum atomic E-state index is 12.5. The Hall–Kier alpha value is -2.64. The molecular weight excluding hydrogens is 426 g/mol. The van der Waals surface area contributed by atoms with Gasteiger partial charge in [0.15, 0.2) is 0 Å². The number of likely N-dealkylation sites (tertiary alicyclic amines) is 1. The van der Waals surface area contributed by atoms with Crippen LogP contribution in [0.1, 0.15) is 50.3 Å². The second-order valence-corrected chi connectivity index (χ2v) is 10.2. The molecule has 2 aliphatic heterocycles. The van der Waals surface area contributed by atoms with Gasteiger partial charge in [0.25, 0.3) is 0 Å². The van der Waals surface area contributed by atoms with Crippen molar-refractivity contribution >= 4 is 22.7 Å². The molecule has 2 heterocycles. The van der Waals surface area contributed by atoms with Crippen LogP contribution in [0.5, 0.6) is 5.75 Å². The highest BCUT2D eigenvalue weighted by Crippen LogP contribution is 2.43. The highest BCUT2D eigenvalue weighted by molar-refractivity contribution is 7.78. The van der Waals surface area contributed by atoms with E-state index in [9.17, 15) is 13.6 Å². The van der Waals surface area contributed by atoms with E-state index in [1.165, 1.54) is 0 Å². The van der Waals surface area contributed by atoms with Gasteiger partial charge >= 0.3 is 6.09 Å². The van der Waals surface area contributed by atoms with E-state index in [-0.39, 0.29) is 11.8 Å². The average Bonchev–Trinajstić information content (AvgIpc) is 2.72. The van der Waals surface area contributed by atoms with Crippen molar-refractivity contribution in [1.29, 1.82) is 0 Å². The van der Waals surface area contributed by atoms with E-state index in [0.717, 1.165) is 28.0 Å². The normalized spacial score (nSPS) is 18.4. The number of carbonyl (C=O) groups is 1. The third-order valence-electron chi connectivity index (χ3n) is 5.71. The summed E-state index contributed by atoms with van der Waals surface area (Å²) in [6.45, 7) is 6.70. The summed E-state index contributed by atoms with van der Waals surface area (Å²) in [6.07, 6.45) is 3.20. The Balaban J connectivity index is 1.60. The lowest BCUT2D eigenvalue weighted by Gasteiger charge is -2.43. The number of carbonyl (C=O) groups excluding carboxylic acids is 1. The summed E-state index contributed by atoms with van der Waals surface area (Å²) in [5.74, 6) is 0.823. The molecule has 2 aromatic carbocycles. The minimum Gasteiger partial charge on any atom is -0.772 e. The SMILES string of the molecule is CC(C)(C)OC(=O)N1CCC2(C=C(c3ccc(CS(=O)[O-])cc3)c3ccccc3O2)CC1. The molecule has 1 unspecified atom stereocenters. The summed E-state index contributed by atoms with van der Waals surface area (Å²) in [5, 5.41) is 0. The van der Waals surface area contributed by atoms with E-state index >= 15 is 0 Å². The van der Waals surface area contributed by atoms with Crippen LogP contribution in [0, 0.1) is 0 Å². The molecule has 7 heteroatoms. The molecule has 1 fully saturated rings. The molecule has 0 aliphatic carbocycles. The van der Waals surface area contributed by atoms with Crippen molar-refractivity contribution in [3.63, 3.8) is 0 Å². The molecule has 1 atom stereocenters. The third kappa shape index (κ3) is 5.05. The van der Waals surface area contributed by atoms with Gasteiger partial charge in [0.2, 0.25) is 0 Å². The Bertz CT molecular complexity index is 1050. The smallest absolute Gasteiger partial charge is 0.410 e. The molecule has 4 rings (SSSR count). The van der Waals surface area contributed by atoms with Crippen LogP contribution >= 0.6 is 0 Å². The van der Waals surface area contributed by atoms with Crippen LogP contribution in [-0.2, 0) is 21.6 Å². The van der Waals surface area contributed by atoms with Gasteiger partial charge in [0.05, 0.1) is 0 Å². The van der Waals surface area contributed by atoms with E-state index < -0.39 is 22.3 Å². The number of rotatable bonds is 3. The Kier molecular flexibility index (Phi) is 6.14. The molecule has 32 heavy (non-hydrogen) atoms. The minimum absolute atomic E-state index is 0.00344. The quantitative estimate of drug-likeness (QED) is 0.631. The number of para-hydroxylation sites is 1. The standard InChI is InChI=1S/C25H29NO5S/c1-24(2,3)31-23(27)26-14-12-25(13-15-26)16-21(20-6-4-5-7-22(20)30-25)19-10-8-18(9-11-19)17-32(28)29/h4-11,16H,12-15,17H2,1-3H3,(H,28,29)/p-1. The highest BCUT2D eigenvalue weighted by Gasteiger charge is 2.40. The van der Waals surface area contributed by atoms with Crippen molar-refractivity contribution < 1.29 is 23.0 Å². The summed E-state index contributed by atoms with van der Waals surface area (Å²) in [7, 11) is 0. The number of hydrogen-bond donors (Lipinski definition) is 0. The van der Waals surface area contributed by atoms with Gasteiger partial charge in [0.1, 0.15) is 17.0 Å². The Morgan fingerprint density at radius 1 is 1.12 bits per heavy atom. The van der Waals surface area contributed by atoms with Crippen molar-refractivity contribution in [2.45, 2.75) is 50.6 Å². The molecule has 0 saturated carbocycles. The van der Waals surface area contributed by atoms with Crippen LogP contribution in [0.2, 0.25) is 0 Å². The first-order chi connectivity index (χ1) is 15.1. The average molecular weight is 455 g/mol. The van der Waals surface area contributed by atoms with E-state index in [4.69, 9.17) is 9.47 Å². The van der Waals surface area contributed by atoms with Gasteiger partial charge in [-0.1, -0.05) is 53.5 Å². The number of piperidine rings is 1. The first-order valence-corrected chi connectivity index (χ1v) is 12.0. The predicted octanol–water partition coefficient (Wildman–Crippen LogP) is 4.66. The Labute approximate surface area is 191 Å². The fourth-order valence-corrected chi connectivity index (χ4v) is 4.63. The van der Waals surface area contributed by atoms with Crippen molar-refractivity contribution in [1.82, 2.24) is 4.90 Å². The second-order valence-electron chi connectivity index (χ2n) is 9.33. The van der Waals surface area contributed by atoms with Gasteiger partial charge in [-0.3, -0.25) is 4.21 Å². The van der Waals surface area contributed by atoms with E-state index in [1.54, 1.807) is 4.90 Å². The van der Waals surface area contributed by atoms with Gasteiger partial charge in [0, 0.05) is 37.2 Å². The lowest BCUT2D eigenvalue weighted by molar-refractivity contribution is -0.00116. The summed E-state index contributed by atoms with van der Waals surface area (Å²) in [5.41, 5.74) is 2.81. The van der Waals surface area contributed by atoms with Gasteiger partial charge in [-0.2, -0.15) is 0 Å². The fourth-order valence-electron chi connectivity index (χ4n) is 4.16. The number of fused-ring (bicyclic) bond motifs is 1. The Morgan fingerprint density at radius 3 is 2.41 bits per heavy atom.